The van der Waals surface area contributed by atoms with E-state index in [1.54, 1.807) is 7.11 Å². The van der Waals surface area contributed by atoms with Gasteiger partial charge in [-0.15, -0.1) is 0 Å². The molecule has 0 spiro atoms. The Labute approximate surface area is 113 Å². The van der Waals surface area contributed by atoms with E-state index in [-0.39, 0.29) is 17.6 Å². The third-order valence-corrected chi connectivity index (χ3v) is 4.83. The number of rotatable bonds is 6. The normalized spacial score (nSPS) is 17.8. The number of sulfone groups is 1. The lowest BCUT2D eigenvalue weighted by Crippen LogP contribution is -2.45. The van der Waals surface area contributed by atoms with Crippen LogP contribution in [0, 0.1) is 0 Å². The van der Waals surface area contributed by atoms with Crippen LogP contribution in [0.4, 0.5) is 0 Å². The fraction of sp³-hybridized carbons (Fsp3) is 0.538. The van der Waals surface area contributed by atoms with Crippen molar-refractivity contribution in [3.8, 4) is 11.5 Å². The van der Waals surface area contributed by atoms with Gasteiger partial charge in [0.15, 0.2) is 21.3 Å². The van der Waals surface area contributed by atoms with Crippen LogP contribution in [0.2, 0.25) is 0 Å². The monoisotopic (exact) mass is 285 g/mol. The van der Waals surface area contributed by atoms with Crippen molar-refractivity contribution in [2.45, 2.75) is 18.9 Å². The molecule has 0 unspecified atom stereocenters. The van der Waals surface area contributed by atoms with E-state index in [1.807, 2.05) is 18.2 Å². The molecule has 0 saturated carbocycles. The van der Waals surface area contributed by atoms with E-state index in [9.17, 15) is 8.42 Å². The molecule has 0 aliphatic carbocycles. The van der Waals surface area contributed by atoms with Gasteiger partial charge in [0.25, 0.3) is 0 Å². The molecule has 0 radical (unpaired) electrons. The molecule has 1 heterocycles. The van der Waals surface area contributed by atoms with Gasteiger partial charge in [-0.25, -0.2) is 8.42 Å². The van der Waals surface area contributed by atoms with Crippen LogP contribution in [-0.4, -0.2) is 39.7 Å². The van der Waals surface area contributed by atoms with Crippen molar-refractivity contribution in [2.24, 2.45) is 5.73 Å². The first kappa shape index (κ1) is 14.1. The molecule has 2 N–H and O–H groups in total. The molecule has 2 rings (SSSR count). The molecule has 1 aromatic carbocycles. The minimum absolute atomic E-state index is 0.0884. The molecule has 1 fully saturated rings. The summed E-state index contributed by atoms with van der Waals surface area (Å²) in [5, 5.41) is 0. The zero-order chi connectivity index (χ0) is 13.9. The van der Waals surface area contributed by atoms with E-state index in [0.29, 0.717) is 18.0 Å². The highest BCUT2D eigenvalue weighted by Gasteiger charge is 2.35. The molecule has 0 amide bonds. The maximum absolute atomic E-state index is 11.1. The summed E-state index contributed by atoms with van der Waals surface area (Å²) >= 11 is 0. The van der Waals surface area contributed by atoms with Crippen molar-refractivity contribution in [1.82, 2.24) is 0 Å². The second-order valence-electron chi connectivity index (χ2n) is 4.69. The first-order valence-corrected chi connectivity index (χ1v) is 8.10. The highest BCUT2D eigenvalue weighted by Crippen LogP contribution is 2.31. The van der Waals surface area contributed by atoms with Gasteiger partial charge in [0.05, 0.1) is 18.6 Å². The molecule has 6 heteroatoms. The molecule has 0 bridgehead atoms. The van der Waals surface area contributed by atoms with E-state index in [4.69, 9.17) is 15.2 Å². The summed E-state index contributed by atoms with van der Waals surface area (Å²) in [6, 6.07) is 5.70. The standard InChI is InChI=1S/C13H19NO4S/c1-17-13-7-10(3-2-6-14)4-5-12(13)18-11-8-19(15,16)9-11/h4-5,7,11H,2-3,6,8-9,14H2,1H3. The Hall–Kier alpha value is -1.27. The second-order valence-corrected chi connectivity index (χ2v) is 6.85. The Morgan fingerprint density at radius 2 is 2.05 bits per heavy atom. The number of nitrogens with two attached hydrogens (primary N) is 1. The molecule has 106 valence electrons. The maximum Gasteiger partial charge on any atom is 0.161 e. The minimum Gasteiger partial charge on any atom is -0.493 e. The van der Waals surface area contributed by atoms with Crippen molar-refractivity contribution in [2.75, 3.05) is 25.2 Å². The minimum atomic E-state index is -2.87. The largest absolute Gasteiger partial charge is 0.493 e. The number of hydrogen-bond acceptors (Lipinski definition) is 5. The Kier molecular flexibility index (Phi) is 4.31. The Morgan fingerprint density at radius 1 is 1.32 bits per heavy atom. The van der Waals surface area contributed by atoms with Crippen LogP contribution in [-0.2, 0) is 16.3 Å². The Balaban J connectivity index is 2.04. The van der Waals surface area contributed by atoms with Crippen LogP contribution in [0.1, 0.15) is 12.0 Å². The predicted octanol–water partition coefficient (Wildman–Crippen LogP) is 0.762. The average Bonchev–Trinajstić information content (AvgIpc) is 2.35. The van der Waals surface area contributed by atoms with Crippen LogP contribution in [0.25, 0.3) is 0 Å². The fourth-order valence-corrected chi connectivity index (χ4v) is 3.21. The summed E-state index contributed by atoms with van der Waals surface area (Å²) in [5.41, 5.74) is 6.62. The molecular formula is C13H19NO4S. The van der Waals surface area contributed by atoms with E-state index >= 15 is 0 Å². The highest BCUT2D eigenvalue weighted by molar-refractivity contribution is 7.92. The molecule has 1 aliphatic heterocycles. The Morgan fingerprint density at radius 3 is 2.63 bits per heavy atom. The van der Waals surface area contributed by atoms with Crippen molar-refractivity contribution in [3.63, 3.8) is 0 Å². The summed E-state index contributed by atoms with van der Waals surface area (Å²) in [6.07, 6.45) is 1.56. The van der Waals surface area contributed by atoms with E-state index in [2.05, 4.69) is 0 Å². The third-order valence-electron chi connectivity index (χ3n) is 3.07. The van der Waals surface area contributed by atoms with Crippen LogP contribution in [0.5, 0.6) is 11.5 Å². The van der Waals surface area contributed by atoms with Gasteiger partial charge in [0, 0.05) is 0 Å². The van der Waals surface area contributed by atoms with Crippen molar-refractivity contribution in [3.05, 3.63) is 23.8 Å². The van der Waals surface area contributed by atoms with Gasteiger partial charge in [0.2, 0.25) is 0 Å². The number of benzene rings is 1. The number of methoxy groups -OCH3 is 1. The molecule has 0 aromatic heterocycles. The van der Waals surface area contributed by atoms with Gasteiger partial charge in [0.1, 0.15) is 6.10 Å². The zero-order valence-electron chi connectivity index (χ0n) is 11.0. The maximum atomic E-state index is 11.1. The number of ether oxygens (including phenoxy) is 2. The van der Waals surface area contributed by atoms with Gasteiger partial charge in [-0.2, -0.15) is 0 Å². The van der Waals surface area contributed by atoms with Crippen molar-refractivity contribution in [1.29, 1.82) is 0 Å². The quantitative estimate of drug-likeness (QED) is 0.835. The lowest BCUT2D eigenvalue weighted by molar-refractivity contribution is 0.219. The molecule has 0 atom stereocenters. The summed E-state index contributed by atoms with van der Waals surface area (Å²) in [4.78, 5) is 0. The topological polar surface area (TPSA) is 78.6 Å². The van der Waals surface area contributed by atoms with Gasteiger partial charge in [-0.05, 0) is 37.1 Å². The SMILES string of the molecule is COc1cc(CCCN)ccc1OC1CS(=O)(=O)C1. The molecule has 1 aromatic rings. The highest BCUT2D eigenvalue weighted by atomic mass is 32.2. The molecular weight excluding hydrogens is 266 g/mol. The summed E-state index contributed by atoms with van der Waals surface area (Å²) < 4.78 is 33.1. The molecule has 1 saturated heterocycles. The van der Waals surface area contributed by atoms with Crippen molar-refractivity contribution < 1.29 is 17.9 Å². The summed E-state index contributed by atoms with van der Waals surface area (Å²) in [7, 11) is -1.29. The molecule has 1 aliphatic rings. The number of hydrogen-bond donors (Lipinski definition) is 1. The Bertz CT molecular complexity index is 530. The van der Waals surface area contributed by atoms with Crippen LogP contribution in [0.15, 0.2) is 18.2 Å². The second kappa shape index (κ2) is 5.79. The predicted molar refractivity (Wildman–Crippen MR) is 73.4 cm³/mol. The fourth-order valence-electron chi connectivity index (χ4n) is 2.04. The van der Waals surface area contributed by atoms with Gasteiger partial charge >= 0.3 is 0 Å². The molecule has 5 nitrogen and oxygen atoms in total. The third kappa shape index (κ3) is 3.61. The van der Waals surface area contributed by atoms with Crippen LogP contribution in [0.3, 0.4) is 0 Å². The van der Waals surface area contributed by atoms with Crippen LogP contribution >= 0.6 is 0 Å². The number of aryl methyl sites for hydroxylation is 1. The van der Waals surface area contributed by atoms with Gasteiger partial charge in [-0.1, -0.05) is 6.07 Å². The van der Waals surface area contributed by atoms with E-state index in [1.165, 1.54) is 0 Å². The van der Waals surface area contributed by atoms with Crippen LogP contribution < -0.4 is 15.2 Å². The summed E-state index contributed by atoms with van der Waals surface area (Å²) in [5.74, 6) is 1.41. The molecule has 19 heavy (non-hydrogen) atoms. The van der Waals surface area contributed by atoms with Gasteiger partial charge in [-0.3, -0.25) is 0 Å². The lowest BCUT2D eigenvalue weighted by Gasteiger charge is -2.27. The average molecular weight is 285 g/mol. The van der Waals surface area contributed by atoms with Crippen molar-refractivity contribution >= 4 is 9.84 Å². The first-order valence-electron chi connectivity index (χ1n) is 6.28. The lowest BCUT2D eigenvalue weighted by atomic mass is 10.1. The smallest absolute Gasteiger partial charge is 0.161 e. The summed E-state index contributed by atoms with van der Waals surface area (Å²) in [6.45, 7) is 0.653. The van der Waals surface area contributed by atoms with E-state index < -0.39 is 9.84 Å². The zero-order valence-corrected chi connectivity index (χ0v) is 11.8. The van der Waals surface area contributed by atoms with Gasteiger partial charge < -0.3 is 15.2 Å². The van der Waals surface area contributed by atoms with E-state index in [0.717, 1.165) is 18.4 Å². The first-order chi connectivity index (χ1) is 9.04.